The van der Waals surface area contributed by atoms with Gasteiger partial charge in [0.25, 0.3) is 5.91 Å². The van der Waals surface area contributed by atoms with Gasteiger partial charge in [0, 0.05) is 0 Å². The summed E-state index contributed by atoms with van der Waals surface area (Å²) >= 11 is 1.50. The summed E-state index contributed by atoms with van der Waals surface area (Å²) in [5, 5.41) is 0. The Hall–Kier alpha value is -1.95. The smallest absolute Gasteiger partial charge is 0.325 e. The van der Waals surface area contributed by atoms with Gasteiger partial charge in [-0.05, 0) is 93.4 Å². The number of aromatic nitrogens is 1. The Balaban J connectivity index is 1.60. The highest BCUT2D eigenvalue weighted by atomic mass is 32.1. The van der Waals surface area contributed by atoms with Gasteiger partial charge < -0.3 is 9.30 Å². The molecule has 5 nitrogen and oxygen atoms in total. The molecule has 2 aromatic rings. The summed E-state index contributed by atoms with van der Waals surface area (Å²) in [6.07, 6.45) is 6.91. The van der Waals surface area contributed by atoms with Gasteiger partial charge in [-0.3, -0.25) is 9.59 Å². The topological polar surface area (TPSA) is 60.7 Å². The second kappa shape index (κ2) is 6.79. The average Bonchev–Trinajstić information content (AvgIpc) is 2.97. The van der Waals surface area contributed by atoms with Crippen LogP contribution in [0.15, 0.2) is 17.1 Å². The fourth-order valence-electron chi connectivity index (χ4n) is 6.33. The van der Waals surface area contributed by atoms with Crippen LogP contribution in [0, 0.1) is 37.0 Å². The van der Waals surface area contributed by atoms with Crippen LogP contribution in [-0.2, 0) is 20.9 Å². The van der Waals surface area contributed by atoms with Gasteiger partial charge in [0.1, 0.15) is 6.54 Å². The number of benzene rings is 1. The first-order chi connectivity index (χ1) is 13.9. The number of aryl methyl sites for hydroxylation is 2. The summed E-state index contributed by atoms with van der Waals surface area (Å²) in [5.41, 5.74) is 3.04. The third-order valence-electron chi connectivity index (χ3n) is 7.50. The zero-order valence-corrected chi connectivity index (χ0v) is 18.2. The molecule has 6 rings (SSSR count). The first-order valence-electron chi connectivity index (χ1n) is 10.6. The minimum Gasteiger partial charge on any atom is -0.468 e. The molecule has 4 fully saturated rings. The summed E-state index contributed by atoms with van der Waals surface area (Å²) in [6.45, 7) is 4.22. The van der Waals surface area contributed by atoms with Crippen molar-refractivity contribution >= 4 is 33.4 Å². The highest BCUT2D eigenvalue weighted by Gasteiger charge is 2.54. The third kappa shape index (κ3) is 3.16. The van der Waals surface area contributed by atoms with Crippen molar-refractivity contribution in [1.82, 2.24) is 4.57 Å². The standard InChI is InChI=1S/C23H28N2O3S/c1-13-4-18-19(5-14(13)2)29-22(25(18)12-20(26)28-3)24-21(27)23-9-15-6-16(10-23)8-17(7-15)11-23/h4-5,15-17H,6-12H2,1-3H3. The van der Waals surface area contributed by atoms with Crippen LogP contribution in [0.25, 0.3) is 10.2 Å². The van der Waals surface area contributed by atoms with Crippen molar-refractivity contribution in [1.29, 1.82) is 0 Å². The van der Waals surface area contributed by atoms with Gasteiger partial charge in [0.05, 0.1) is 22.7 Å². The van der Waals surface area contributed by atoms with E-state index in [9.17, 15) is 9.59 Å². The number of hydrogen-bond acceptors (Lipinski definition) is 4. The lowest BCUT2D eigenvalue weighted by molar-refractivity contribution is -0.143. The van der Waals surface area contributed by atoms with Crippen molar-refractivity contribution in [3.8, 4) is 0 Å². The fourth-order valence-corrected chi connectivity index (χ4v) is 7.44. The van der Waals surface area contributed by atoms with Crippen LogP contribution in [0.5, 0.6) is 0 Å². The molecule has 0 aliphatic heterocycles. The number of hydrogen-bond donors (Lipinski definition) is 0. The minimum atomic E-state index is -0.327. The lowest BCUT2D eigenvalue weighted by atomic mass is 9.49. The van der Waals surface area contributed by atoms with E-state index in [4.69, 9.17) is 4.74 Å². The second-order valence-electron chi connectivity index (χ2n) is 9.57. The van der Waals surface area contributed by atoms with Gasteiger partial charge in [-0.2, -0.15) is 4.99 Å². The Kier molecular flexibility index (Phi) is 4.46. The van der Waals surface area contributed by atoms with Crippen LogP contribution in [0.1, 0.15) is 49.7 Å². The molecule has 4 saturated carbocycles. The normalized spacial score (nSPS) is 30.9. The lowest BCUT2D eigenvalue weighted by Crippen LogP contribution is -2.50. The number of methoxy groups -OCH3 is 1. The summed E-state index contributed by atoms with van der Waals surface area (Å²) in [5.74, 6) is 1.82. The largest absolute Gasteiger partial charge is 0.468 e. The maximum absolute atomic E-state index is 13.5. The zero-order chi connectivity index (χ0) is 20.3. The Morgan fingerprint density at radius 1 is 1.10 bits per heavy atom. The van der Waals surface area contributed by atoms with Crippen molar-refractivity contribution in [2.45, 2.75) is 58.9 Å². The van der Waals surface area contributed by atoms with E-state index in [2.05, 4.69) is 31.0 Å². The van der Waals surface area contributed by atoms with Gasteiger partial charge in [0.2, 0.25) is 0 Å². The monoisotopic (exact) mass is 412 g/mol. The summed E-state index contributed by atoms with van der Waals surface area (Å²) in [6, 6.07) is 4.20. The molecule has 4 aliphatic rings. The molecule has 1 amide bonds. The highest BCUT2D eigenvalue weighted by molar-refractivity contribution is 7.16. The van der Waals surface area contributed by atoms with Crippen LogP contribution >= 0.6 is 11.3 Å². The second-order valence-corrected chi connectivity index (χ2v) is 10.6. The quantitative estimate of drug-likeness (QED) is 0.712. The van der Waals surface area contributed by atoms with Crippen LogP contribution in [0.3, 0.4) is 0 Å². The molecule has 1 aromatic heterocycles. The fraction of sp³-hybridized carbons (Fsp3) is 0.609. The molecule has 1 heterocycles. The van der Waals surface area contributed by atoms with Crippen molar-refractivity contribution in [2.24, 2.45) is 28.2 Å². The molecule has 4 bridgehead atoms. The zero-order valence-electron chi connectivity index (χ0n) is 17.4. The highest BCUT2D eigenvalue weighted by Crippen LogP contribution is 2.60. The van der Waals surface area contributed by atoms with Crippen molar-refractivity contribution in [2.75, 3.05) is 7.11 Å². The van der Waals surface area contributed by atoms with E-state index >= 15 is 0 Å². The summed E-state index contributed by atoms with van der Waals surface area (Å²) in [4.78, 5) is 30.9. The SMILES string of the molecule is COC(=O)Cn1c(=NC(=O)C23CC4CC(CC(C4)C2)C3)sc2cc(C)c(C)cc21. The molecule has 29 heavy (non-hydrogen) atoms. The van der Waals surface area contributed by atoms with Gasteiger partial charge in [-0.15, -0.1) is 0 Å². The molecule has 0 radical (unpaired) electrons. The molecule has 154 valence electrons. The summed E-state index contributed by atoms with van der Waals surface area (Å²) < 4.78 is 7.81. The number of fused-ring (bicyclic) bond motifs is 1. The van der Waals surface area contributed by atoms with Crippen molar-refractivity contribution < 1.29 is 14.3 Å². The lowest BCUT2D eigenvalue weighted by Gasteiger charge is -2.55. The molecule has 0 atom stereocenters. The molecule has 4 aliphatic carbocycles. The van der Waals surface area contributed by atoms with E-state index in [1.54, 1.807) is 0 Å². The van der Waals surface area contributed by atoms with E-state index in [1.165, 1.54) is 43.3 Å². The molecular formula is C23H28N2O3S. The molecule has 1 aromatic carbocycles. The number of rotatable bonds is 3. The van der Waals surface area contributed by atoms with E-state index in [1.807, 2.05) is 4.57 Å². The number of carbonyl (C=O) groups excluding carboxylic acids is 2. The molecule has 6 heteroatoms. The molecule has 0 N–H and O–H groups in total. The van der Waals surface area contributed by atoms with Crippen LogP contribution in [-0.4, -0.2) is 23.6 Å². The van der Waals surface area contributed by atoms with Gasteiger partial charge in [-0.1, -0.05) is 11.3 Å². The van der Waals surface area contributed by atoms with E-state index in [-0.39, 0.29) is 23.8 Å². The van der Waals surface area contributed by atoms with E-state index < -0.39 is 0 Å². The summed E-state index contributed by atoms with van der Waals surface area (Å²) in [7, 11) is 1.39. The van der Waals surface area contributed by atoms with Crippen molar-refractivity contribution in [3.63, 3.8) is 0 Å². The predicted octanol–water partition coefficient (Wildman–Crippen LogP) is 4.14. The Morgan fingerprint density at radius 3 is 2.28 bits per heavy atom. The van der Waals surface area contributed by atoms with Gasteiger partial charge in [0.15, 0.2) is 4.80 Å². The van der Waals surface area contributed by atoms with Crippen molar-refractivity contribution in [3.05, 3.63) is 28.1 Å². The number of thiazole rings is 1. The Labute approximate surface area is 174 Å². The van der Waals surface area contributed by atoms with E-state index in [0.717, 1.165) is 35.0 Å². The Bertz CT molecular complexity index is 1040. The number of amides is 1. The number of carbonyl (C=O) groups is 2. The average molecular weight is 413 g/mol. The molecule has 0 spiro atoms. The molecule has 0 unspecified atom stereocenters. The number of ether oxygens (including phenoxy) is 1. The van der Waals surface area contributed by atoms with Crippen LogP contribution in [0.2, 0.25) is 0 Å². The number of esters is 1. The third-order valence-corrected chi connectivity index (χ3v) is 8.54. The first-order valence-corrected chi connectivity index (χ1v) is 11.4. The minimum absolute atomic E-state index is 0.0372. The van der Waals surface area contributed by atoms with Crippen LogP contribution < -0.4 is 4.80 Å². The Morgan fingerprint density at radius 2 is 1.69 bits per heavy atom. The van der Waals surface area contributed by atoms with Crippen LogP contribution in [0.4, 0.5) is 0 Å². The van der Waals surface area contributed by atoms with E-state index in [0.29, 0.717) is 22.6 Å². The first kappa shape index (κ1) is 19.0. The molecular weight excluding hydrogens is 384 g/mol. The maximum Gasteiger partial charge on any atom is 0.325 e. The maximum atomic E-state index is 13.5. The predicted molar refractivity (Wildman–Crippen MR) is 112 cm³/mol. The molecule has 0 saturated heterocycles. The number of nitrogens with zero attached hydrogens (tertiary/aromatic N) is 2. The van der Waals surface area contributed by atoms with Gasteiger partial charge in [-0.25, -0.2) is 0 Å². The van der Waals surface area contributed by atoms with Gasteiger partial charge >= 0.3 is 5.97 Å².